The third-order valence-electron chi connectivity index (χ3n) is 3.31. The van der Waals surface area contributed by atoms with Gasteiger partial charge in [0.1, 0.15) is 19.0 Å². The molecule has 1 aromatic heterocycles. The van der Waals surface area contributed by atoms with Crippen molar-refractivity contribution in [2.24, 2.45) is 0 Å². The van der Waals surface area contributed by atoms with Crippen LogP contribution in [0.25, 0.3) is 0 Å². The Morgan fingerprint density at radius 3 is 2.60 bits per heavy atom. The summed E-state index contributed by atoms with van der Waals surface area (Å²) in [5.74, 6) is 0.417. The van der Waals surface area contributed by atoms with E-state index >= 15 is 0 Å². The summed E-state index contributed by atoms with van der Waals surface area (Å²) in [4.78, 5) is 11.9. The van der Waals surface area contributed by atoms with Crippen molar-refractivity contribution in [3.8, 4) is 11.8 Å². The second-order valence-electron chi connectivity index (χ2n) is 5.87. The van der Waals surface area contributed by atoms with Crippen molar-refractivity contribution in [3.63, 3.8) is 0 Å². The lowest BCUT2D eigenvalue weighted by atomic mass is 10.2. The zero-order valence-electron chi connectivity index (χ0n) is 15.7. The quantitative estimate of drug-likeness (QED) is 0.452. The van der Waals surface area contributed by atoms with Crippen molar-refractivity contribution in [3.05, 3.63) is 46.9 Å². The predicted molar refractivity (Wildman–Crippen MR) is 102 cm³/mol. The number of nitrogens with one attached hydrogen (secondary N) is 1. The number of alkyl halides is 3. The first kappa shape index (κ1) is 23.7. The van der Waals surface area contributed by atoms with Gasteiger partial charge in [0.25, 0.3) is 5.91 Å². The highest BCUT2D eigenvalue weighted by Gasteiger charge is 2.27. The summed E-state index contributed by atoms with van der Waals surface area (Å²) in [7, 11) is 0. The zero-order chi connectivity index (χ0) is 22.0. The Balaban J connectivity index is 1.61. The van der Waals surface area contributed by atoms with Gasteiger partial charge in [-0.25, -0.2) is 0 Å². The molecule has 0 fully saturated rings. The van der Waals surface area contributed by atoms with Crippen LogP contribution in [-0.2, 0) is 16.0 Å². The number of aryl methyl sites for hydroxylation is 1. The number of carbonyl (C=O) groups is 1. The molecule has 0 unspecified atom stereocenters. The van der Waals surface area contributed by atoms with Crippen molar-refractivity contribution in [1.29, 1.82) is 0 Å². The highest BCUT2D eigenvalue weighted by atomic mass is 79.9. The first-order valence-electron chi connectivity index (χ1n) is 8.67. The number of hydrogen-bond acceptors (Lipinski definition) is 7. The highest BCUT2D eigenvalue weighted by molar-refractivity contribution is 9.10. The maximum Gasteiger partial charge on any atom is 0.414 e. The molecular weight excluding hydrogens is 475 g/mol. The van der Waals surface area contributed by atoms with Gasteiger partial charge in [0.05, 0.1) is 6.61 Å². The van der Waals surface area contributed by atoms with E-state index in [1.807, 2.05) is 0 Å². The van der Waals surface area contributed by atoms with Gasteiger partial charge in [-0.3, -0.25) is 4.79 Å². The average molecular weight is 494 g/mol. The number of allylic oxidation sites excluding steroid dienone is 1. The van der Waals surface area contributed by atoms with Crippen molar-refractivity contribution < 1.29 is 36.6 Å². The van der Waals surface area contributed by atoms with Crippen LogP contribution < -0.4 is 14.8 Å². The maximum absolute atomic E-state index is 11.9. The molecule has 8 nitrogen and oxygen atoms in total. The van der Waals surface area contributed by atoms with Crippen LogP contribution in [0.2, 0.25) is 0 Å². The number of carbonyl (C=O) groups excluding carboxylic acids is 1. The summed E-state index contributed by atoms with van der Waals surface area (Å²) < 4.78 is 56.6. The molecule has 0 saturated carbocycles. The van der Waals surface area contributed by atoms with Crippen molar-refractivity contribution in [1.82, 2.24) is 15.5 Å². The molecule has 0 radical (unpaired) electrons. The second kappa shape index (κ2) is 11.6. The summed E-state index contributed by atoms with van der Waals surface area (Å²) >= 11 is 3.31. The number of nitrogens with zero attached hydrogens (tertiary/aromatic N) is 2. The molecule has 0 spiro atoms. The Morgan fingerprint density at radius 2 is 1.90 bits per heavy atom. The van der Waals surface area contributed by atoms with Gasteiger partial charge in [-0.15, -0.1) is 5.10 Å². The molecule has 30 heavy (non-hydrogen) atoms. The molecule has 1 heterocycles. The number of benzene rings is 1. The van der Waals surface area contributed by atoms with Crippen LogP contribution in [0.15, 0.2) is 45.4 Å². The molecule has 0 saturated heterocycles. The van der Waals surface area contributed by atoms with Crippen molar-refractivity contribution in [2.45, 2.75) is 19.0 Å². The van der Waals surface area contributed by atoms with E-state index < -0.39 is 12.8 Å². The number of amides is 1. The van der Waals surface area contributed by atoms with Gasteiger partial charge in [0.2, 0.25) is 5.89 Å². The molecule has 0 aliphatic heterocycles. The lowest BCUT2D eigenvalue weighted by molar-refractivity contribution is -0.175. The van der Waals surface area contributed by atoms with Gasteiger partial charge in [-0.2, -0.15) is 13.2 Å². The van der Waals surface area contributed by atoms with Crippen LogP contribution in [-0.4, -0.2) is 48.7 Å². The average Bonchev–Trinajstić information content (AvgIpc) is 3.12. The second-order valence-corrected chi connectivity index (χ2v) is 6.79. The molecule has 1 N–H and O–H groups in total. The lowest BCUT2D eigenvalue weighted by Gasteiger charge is -2.09. The van der Waals surface area contributed by atoms with Gasteiger partial charge in [0.15, 0.2) is 6.61 Å². The molecule has 1 amide bonds. The van der Waals surface area contributed by atoms with E-state index in [1.165, 1.54) is 0 Å². The zero-order valence-corrected chi connectivity index (χ0v) is 17.3. The van der Waals surface area contributed by atoms with Crippen molar-refractivity contribution >= 4 is 21.8 Å². The normalized spacial score (nSPS) is 11.2. The van der Waals surface area contributed by atoms with Gasteiger partial charge >= 0.3 is 12.3 Å². The van der Waals surface area contributed by atoms with Gasteiger partial charge in [-0.1, -0.05) is 27.6 Å². The SMILES string of the molecule is C=C(CCc1nnc(OCCOCC(F)(F)F)o1)NC(=O)COc1ccc(Br)cc1. The Bertz CT molecular complexity index is 827. The van der Waals surface area contributed by atoms with Crippen LogP contribution in [0.4, 0.5) is 13.2 Å². The van der Waals surface area contributed by atoms with Gasteiger partial charge in [-0.05, 0) is 30.7 Å². The standard InChI is InChI=1S/C18H19BrF3N3O5/c1-12(23-15(26)10-29-14-5-3-13(19)4-6-14)2-7-16-24-25-17(30-16)28-9-8-27-11-18(20,21)22/h3-6H,1-2,7-11H2,(H,23,26). The minimum atomic E-state index is -4.39. The number of rotatable bonds is 12. The fourth-order valence-electron chi connectivity index (χ4n) is 2.01. The largest absolute Gasteiger partial charge is 0.484 e. The summed E-state index contributed by atoms with van der Waals surface area (Å²) in [6.07, 6.45) is -3.95. The third kappa shape index (κ3) is 9.74. The Morgan fingerprint density at radius 1 is 1.17 bits per heavy atom. The van der Waals surface area contributed by atoms with E-state index in [0.717, 1.165) is 4.47 Å². The molecule has 0 aliphatic rings. The molecule has 0 bridgehead atoms. The molecular formula is C18H19BrF3N3O5. The molecule has 0 atom stereocenters. The van der Waals surface area contributed by atoms with Crippen LogP contribution in [0, 0.1) is 0 Å². The number of aromatic nitrogens is 2. The summed E-state index contributed by atoms with van der Waals surface area (Å²) in [5.41, 5.74) is 0.431. The van der Waals surface area contributed by atoms with E-state index in [0.29, 0.717) is 17.9 Å². The molecule has 0 aliphatic carbocycles. The molecule has 2 rings (SSSR count). The number of halogens is 4. The molecule has 1 aromatic carbocycles. The van der Waals surface area contributed by atoms with Crippen LogP contribution >= 0.6 is 15.9 Å². The van der Waals surface area contributed by atoms with Crippen LogP contribution in [0.1, 0.15) is 12.3 Å². The molecule has 12 heteroatoms. The van der Waals surface area contributed by atoms with Crippen LogP contribution in [0.3, 0.4) is 0 Å². The molecule has 164 valence electrons. The monoisotopic (exact) mass is 493 g/mol. The number of hydrogen-bond donors (Lipinski definition) is 1. The van der Waals surface area contributed by atoms with Gasteiger partial charge in [0, 0.05) is 16.6 Å². The topological polar surface area (TPSA) is 95.7 Å². The van der Waals surface area contributed by atoms with Gasteiger partial charge < -0.3 is 23.9 Å². The highest BCUT2D eigenvalue weighted by Crippen LogP contribution is 2.16. The Hall–Kier alpha value is -2.60. The molecule has 2 aromatic rings. The summed E-state index contributed by atoms with van der Waals surface area (Å²) in [6.45, 7) is 1.78. The Kier molecular flexibility index (Phi) is 9.12. The van der Waals surface area contributed by atoms with E-state index in [2.05, 4.69) is 42.8 Å². The van der Waals surface area contributed by atoms with E-state index in [9.17, 15) is 18.0 Å². The third-order valence-corrected chi connectivity index (χ3v) is 3.84. The predicted octanol–water partition coefficient (Wildman–Crippen LogP) is 3.43. The summed E-state index contributed by atoms with van der Waals surface area (Å²) in [5, 5.41) is 9.96. The summed E-state index contributed by atoms with van der Waals surface area (Å²) in [6, 6.07) is 7.04. The first-order valence-corrected chi connectivity index (χ1v) is 9.46. The fourth-order valence-corrected chi connectivity index (χ4v) is 2.27. The van der Waals surface area contributed by atoms with Crippen molar-refractivity contribution in [2.75, 3.05) is 26.4 Å². The van der Waals surface area contributed by atoms with Crippen LogP contribution in [0.5, 0.6) is 11.8 Å². The minimum absolute atomic E-state index is 0.168. The fraction of sp³-hybridized carbons (Fsp3) is 0.389. The minimum Gasteiger partial charge on any atom is -0.484 e. The first-order chi connectivity index (χ1) is 14.2. The van der Waals surface area contributed by atoms with E-state index in [-0.39, 0.29) is 44.1 Å². The lowest BCUT2D eigenvalue weighted by Crippen LogP contribution is -2.28. The number of ether oxygens (including phenoxy) is 3. The smallest absolute Gasteiger partial charge is 0.414 e. The Labute approximate surface area is 178 Å². The maximum atomic E-state index is 11.9. The van der Waals surface area contributed by atoms with E-state index in [1.54, 1.807) is 24.3 Å². The van der Waals surface area contributed by atoms with E-state index in [4.69, 9.17) is 13.9 Å².